The lowest BCUT2D eigenvalue weighted by Crippen LogP contribution is -2.25. The predicted octanol–water partition coefficient (Wildman–Crippen LogP) is 4.57. The Hall–Kier alpha value is -2.83. The molecule has 28 heavy (non-hydrogen) atoms. The maximum atomic E-state index is 13.0. The molecule has 0 aliphatic carbocycles. The Morgan fingerprint density at radius 2 is 1.54 bits per heavy atom. The van der Waals surface area contributed by atoms with Gasteiger partial charge in [-0.15, -0.1) is 0 Å². The van der Waals surface area contributed by atoms with Gasteiger partial charge in [0, 0.05) is 11.1 Å². The van der Waals surface area contributed by atoms with Crippen molar-refractivity contribution in [1.29, 1.82) is 0 Å². The second-order valence-corrected chi connectivity index (χ2v) is 7.16. The fourth-order valence-corrected chi connectivity index (χ4v) is 2.82. The molecule has 0 saturated carbocycles. The Morgan fingerprint density at radius 1 is 0.929 bits per heavy atom. The summed E-state index contributed by atoms with van der Waals surface area (Å²) in [7, 11) is 0. The third-order valence-electron chi connectivity index (χ3n) is 4.42. The number of aromatic carboxylic acids is 1. The molecule has 0 fully saturated rings. The number of alkyl halides is 3. The number of benzene rings is 2. The molecule has 0 spiro atoms. The van der Waals surface area contributed by atoms with Crippen LogP contribution in [0.1, 0.15) is 76.9 Å². The van der Waals surface area contributed by atoms with Crippen molar-refractivity contribution >= 4 is 17.6 Å². The van der Waals surface area contributed by atoms with Crippen LogP contribution in [0.3, 0.4) is 0 Å². The average molecular weight is 392 g/mol. The minimum absolute atomic E-state index is 0.0124. The second-order valence-electron chi connectivity index (χ2n) is 7.16. The van der Waals surface area contributed by atoms with Crippen LogP contribution in [0.2, 0.25) is 0 Å². The smallest absolute Gasteiger partial charge is 0.416 e. The number of nitrogens with one attached hydrogen (secondary N) is 1. The molecule has 2 rings (SSSR count). The first-order chi connectivity index (χ1) is 12.9. The summed E-state index contributed by atoms with van der Waals surface area (Å²) in [6.07, 6.45) is -4.67. The van der Waals surface area contributed by atoms with E-state index in [9.17, 15) is 27.9 Å². The van der Waals surface area contributed by atoms with Crippen molar-refractivity contribution in [2.24, 2.45) is 0 Å². The Bertz CT molecular complexity index is 902. The molecule has 0 saturated heterocycles. The lowest BCUT2D eigenvalue weighted by molar-refractivity contribution is -0.254. The highest BCUT2D eigenvalue weighted by molar-refractivity contribution is 6.08. The number of carbonyl (C=O) groups excluding carboxylic acids is 2. The molecule has 4 nitrogen and oxygen atoms in total. The first-order valence-electron chi connectivity index (χ1n) is 8.79. The van der Waals surface area contributed by atoms with Crippen LogP contribution in [0.4, 0.5) is 18.9 Å². The SMILES string of the molecule is CC(C)c1ccc(C(=O)Nc2cc(C(F)(F)F)ccc2C(=O)[O-])c(C(C)C)c1. The number of carbonyl (C=O) groups is 2. The molecule has 0 aromatic heterocycles. The van der Waals surface area contributed by atoms with Gasteiger partial charge in [-0.2, -0.15) is 13.2 Å². The van der Waals surface area contributed by atoms with E-state index in [0.29, 0.717) is 12.1 Å². The van der Waals surface area contributed by atoms with Crippen LogP contribution in [-0.2, 0) is 6.18 Å². The molecule has 7 heteroatoms. The second kappa shape index (κ2) is 8.04. The molecule has 0 atom stereocenters. The van der Waals surface area contributed by atoms with Gasteiger partial charge in [0.15, 0.2) is 0 Å². The van der Waals surface area contributed by atoms with Crippen LogP contribution in [0.15, 0.2) is 36.4 Å². The van der Waals surface area contributed by atoms with Gasteiger partial charge in [0.1, 0.15) is 0 Å². The van der Waals surface area contributed by atoms with Gasteiger partial charge < -0.3 is 15.2 Å². The highest BCUT2D eigenvalue weighted by atomic mass is 19.4. The average Bonchev–Trinajstić information content (AvgIpc) is 2.59. The maximum absolute atomic E-state index is 13.0. The molecule has 0 unspecified atom stereocenters. The number of carboxylic acids is 1. The standard InChI is InChI=1S/C21H22F3NO3/c1-11(2)13-5-7-15(17(9-13)12(3)4)19(26)25-18-10-14(21(22,23)24)6-8-16(18)20(27)28/h5-12H,1-4H3,(H,25,26)(H,27,28)/p-1. The molecule has 2 aromatic rings. The molecule has 1 N–H and O–H groups in total. The van der Waals surface area contributed by atoms with Crippen molar-refractivity contribution in [3.63, 3.8) is 0 Å². The third-order valence-corrected chi connectivity index (χ3v) is 4.42. The van der Waals surface area contributed by atoms with Gasteiger partial charge in [0.25, 0.3) is 5.91 Å². The minimum Gasteiger partial charge on any atom is -0.545 e. The minimum atomic E-state index is -4.67. The van der Waals surface area contributed by atoms with Gasteiger partial charge in [-0.05, 0) is 41.2 Å². The zero-order valence-electron chi connectivity index (χ0n) is 16.0. The molecular weight excluding hydrogens is 371 g/mol. The van der Waals surface area contributed by atoms with E-state index in [-0.39, 0.29) is 17.4 Å². The number of rotatable bonds is 5. The fourth-order valence-electron chi connectivity index (χ4n) is 2.82. The highest BCUT2D eigenvalue weighted by Crippen LogP contribution is 2.33. The lowest BCUT2D eigenvalue weighted by atomic mass is 9.91. The van der Waals surface area contributed by atoms with Crippen LogP contribution in [0, 0.1) is 0 Å². The van der Waals surface area contributed by atoms with Gasteiger partial charge >= 0.3 is 6.18 Å². The van der Waals surface area contributed by atoms with E-state index < -0.39 is 34.9 Å². The van der Waals surface area contributed by atoms with Gasteiger partial charge in [-0.25, -0.2) is 0 Å². The first-order valence-corrected chi connectivity index (χ1v) is 8.79. The quantitative estimate of drug-likeness (QED) is 0.811. The third kappa shape index (κ3) is 4.71. The molecule has 150 valence electrons. The van der Waals surface area contributed by atoms with Gasteiger partial charge in [0.2, 0.25) is 0 Å². The van der Waals surface area contributed by atoms with E-state index in [0.717, 1.165) is 17.2 Å². The van der Waals surface area contributed by atoms with Crippen LogP contribution >= 0.6 is 0 Å². The van der Waals surface area contributed by atoms with E-state index in [1.54, 1.807) is 12.1 Å². The number of hydrogen-bond donors (Lipinski definition) is 1. The van der Waals surface area contributed by atoms with E-state index in [2.05, 4.69) is 5.32 Å². The molecule has 0 aliphatic heterocycles. The summed E-state index contributed by atoms with van der Waals surface area (Å²) in [6.45, 7) is 7.81. The Morgan fingerprint density at radius 3 is 2.04 bits per heavy atom. The first kappa shape index (κ1) is 21.5. The number of hydrogen-bond acceptors (Lipinski definition) is 3. The van der Waals surface area contributed by atoms with Crippen molar-refractivity contribution in [3.8, 4) is 0 Å². The zero-order chi connectivity index (χ0) is 21.2. The van der Waals surface area contributed by atoms with Crippen molar-refractivity contribution in [3.05, 3.63) is 64.2 Å². The summed E-state index contributed by atoms with van der Waals surface area (Å²) in [5, 5.41) is 13.6. The Balaban J connectivity index is 2.48. The molecule has 0 aliphatic rings. The van der Waals surface area contributed by atoms with E-state index in [1.165, 1.54) is 0 Å². The monoisotopic (exact) mass is 392 g/mol. The summed E-state index contributed by atoms with van der Waals surface area (Å²) < 4.78 is 38.9. The number of carboxylic acid groups (broad SMARTS) is 1. The summed E-state index contributed by atoms with van der Waals surface area (Å²) in [5.41, 5.74) is -0.0118. The van der Waals surface area contributed by atoms with Crippen molar-refractivity contribution < 1.29 is 27.9 Å². The number of anilines is 1. The predicted molar refractivity (Wildman–Crippen MR) is 98.3 cm³/mol. The molecule has 0 radical (unpaired) electrons. The molecular formula is C21H21F3NO3-. The summed E-state index contributed by atoms with van der Waals surface area (Å²) in [4.78, 5) is 24.0. The van der Waals surface area contributed by atoms with Gasteiger partial charge in [-0.3, -0.25) is 4.79 Å². The van der Waals surface area contributed by atoms with Crippen LogP contribution in [0.5, 0.6) is 0 Å². The van der Waals surface area contributed by atoms with E-state index in [4.69, 9.17) is 0 Å². The zero-order valence-corrected chi connectivity index (χ0v) is 16.0. The van der Waals surface area contributed by atoms with Crippen molar-refractivity contribution in [2.45, 2.75) is 45.7 Å². The normalized spacial score (nSPS) is 11.8. The number of halogens is 3. The van der Waals surface area contributed by atoms with Gasteiger partial charge in [0.05, 0.1) is 17.2 Å². The highest BCUT2D eigenvalue weighted by Gasteiger charge is 2.31. The fraction of sp³-hybridized carbons (Fsp3) is 0.333. The maximum Gasteiger partial charge on any atom is 0.416 e. The van der Waals surface area contributed by atoms with Crippen molar-refractivity contribution in [2.75, 3.05) is 5.32 Å². The molecule has 0 heterocycles. The lowest BCUT2D eigenvalue weighted by Gasteiger charge is -2.18. The largest absolute Gasteiger partial charge is 0.545 e. The van der Waals surface area contributed by atoms with E-state index >= 15 is 0 Å². The number of amides is 1. The summed E-state index contributed by atoms with van der Waals surface area (Å²) in [6, 6.07) is 7.27. The molecule has 0 bridgehead atoms. The van der Waals surface area contributed by atoms with E-state index in [1.807, 2.05) is 33.8 Å². The molecule has 2 aromatic carbocycles. The Labute approximate surface area is 161 Å². The van der Waals surface area contributed by atoms with Crippen LogP contribution in [0.25, 0.3) is 0 Å². The summed E-state index contributed by atoms with van der Waals surface area (Å²) >= 11 is 0. The van der Waals surface area contributed by atoms with Crippen molar-refractivity contribution in [1.82, 2.24) is 0 Å². The van der Waals surface area contributed by atoms with Gasteiger partial charge in [-0.1, -0.05) is 45.9 Å². The summed E-state index contributed by atoms with van der Waals surface area (Å²) in [5.74, 6) is -2.13. The van der Waals surface area contributed by atoms with Crippen LogP contribution < -0.4 is 10.4 Å². The topological polar surface area (TPSA) is 69.2 Å². The Kier molecular flexibility index (Phi) is 6.17. The van der Waals surface area contributed by atoms with Crippen LogP contribution in [-0.4, -0.2) is 11.9 Å². The molecule has 1 amide bonds.